The van der Waals surface area contributed by atoms with Gasteiger partial charge in [0.05, 0.1) is 5.56 Å². The van der Waals surface area contributed by atoms with Gasteiger partial charge in [0.2, 0.25) is 0 Å². The number of carbonyl (C=O) groups is 1. The van der Waals surface area contributed by atoms with E-state index in [0.717, 1.165) is 0 Å². The third-order valence-corrected chi connectivity index (χ3v) is 1.81. The fourth-order valence-electron chi connectivity index (χ4n) is 1.14. The zero-order valence-electron chi connectivity index (χ0n) is 9.56. The van der Waals surface area contributed by atoms with Crippen LogP contribution in [0.25, 0.3) is 0 Å². The molecular formula is C10H15BN2O3. The van der Waals surface area contributed by atoms with E-state index in [1.54, 1.807) is 0 Å². The number of rotatable bonds is 2. The molecule has 0 aliphatic heterocycles. The minimum absolute atomic E-state index is 0.196. The molecule has 16 heavy (non-hydrogen) atoms. The summed E-state index contributed by atoms with van der Waals surface area (Å²) in [7, 11) is -1.62. The lowest BCUT2D eigenvalue weighted by molar-refractivity contribution is 0.0919. The van der Waals surface area contributed by atoms with Crippen LogP contribution in [0.2, 0.25) is 0 Å². The molecule has 1 heterocycles. The maximum absolute atomic E-state index is 11.7. The SMILES string of the molecule is CC(C)(C)NC(=O)c1cncc(B(O)O)c1. The molecule has 1 aromatic rings. The quantitative estimate of drug-likeness (QED) is 0.577. The third kappa shape index (κ3) is 3.64. The molecule has 5 nitrogen and oxygen atoms in total. The van der Waals surface area contributed by atoms with E-state index in [-0.39, 0.29) is 16.9 Å². The number of hydrogen-bond acceptors (Lipinski definition) is 4. The molecule has 0 radical (unpaired) electrons. The first kappa shape index (κ1) is 12.7. The van der Waals surface area contributed by atoms with E-state index in [0.29, 0.717) is 5.56 Å². The Labute approximate surface area is 94.7 Å². The lowest BCUT2D eigenvalue weighted by atomic mass is 9.81. The average Bonchev–Trinajstić information content (AvgIpc) is 2.15. The maximum Gasteiger partial charge on any atom is 0.490 e. The summed E-state index contributed by atoms with van der Waals surface area (Å²) in [6.07, 6.45) is 2.69. The van der Waals surface area contributed by atoms with Gasteiger partial charge in [0, 0.05) is 23.4 Å². The van der Waals surface area contributed by atoms with Gasteiger partial charge >= 0.3 is 7.12 Å². The summed E-state index contributed by atoms with van der Waals surface area (Å²) in [4.78, 5) is 15.5. The molecule has 3 N–H and O–H groups in total. The molecule has 0 bridgehead atoms. The molecule has 0 spiro atoms. The number of amides is 1. The standard InChI is InChI=1S/C10H15BN2O3/c1-10(2,3)13-9(14)7-4-8(11(15)16)6-12-5-7/h4-6,15-16H,1-3H3,(H,13,14). The van der Waals surface area contributed by atoms with Crippen LogP contribution >= 0.6 is 0 Å². The summed E-state index contributed by atoms with van der Waals surface area (Å²) in [6, 6.07) is 1.40. The van der Waals surface area contributed by atoms with Gasteiger partial charge in [-0.3, -0.25) is 9.78 Å². The Morgan fingerprint density at radius 1 is 1.38 bits per heavy atom. The minimum Gasteiger partial charge on any atom is -0.423 e. The lowest BCUT2D eigenvalue weighted by Crippen LogP contribution is -2.41. The highest BCUT2D eigenvalue weighted by Crippen LogP contribution is 2.02. The Kier molecular flexibility index (Phi) is 3.67. The lowest BCUT2D eigenvalue weighted by Gasteiger charge is -2.20. The third-order valence-electron chi connectivity index (χ3n) is 1.81. The zero-order chi connectivity index (χ0) is 12.3. The minimum atomic E-state index is -1.62. The van der Waals surface area contributed by atoms with E-state index in [1.807, 2.05) is 20.8 Å². The van der Waals surface area contributed by atoms with Gasteiger partial charge in [0.15, 0.2) is 0 Å². The normalized spacial score (nSPS) is 11.1. The largest absolute Gasteiger partial charge is 0.490 e. The first-order valence-corrected chi connectivity index (χ1v) is 4.93. The second-order valence-electron chi connectivity index (χ2n) is 4.58. The van der Waals surface area contributed by atoms with Crippen molar-refractivity contribution in [2.75, 3.05) is 0 Å². The van der Waals surface area contributed by atoms with E-state index in [4.69, 9.17) is 10.0 Å². The Balaban J connectivity index is 2.88. The van der Waals surface area contributed by atoms with Crippen molar-refractivity contribution in [1.82, 2.24) is 10.3 Å². The first-order chi connectivity index (χ1) is 7.29. The molecule has 0 unspecified atom stereocenters. The molecular weight excluding hydrogens is 207 g/mol. The Hall–Kier alpha value is -1.40. The molecule has 0 aliphatic carbocycles. The van der Waals surface area contributed by atoms with Gasteiger partial charge < -0.3 is 15.4 Å². The van der Waals surface area contributed by atoms with Crippen LogP contribution in [0, 0.1) is 0 Å². The smallest absolute Gasteiger partial charge is 0.423 e. The molecule has 0 saturated heterocycles. The van der Waals surface area contributed by atoms with Crippen molar-refractivity contribution < 1.29 is 14.8 Å². The summed E-state index contributed by atoms with van der Waals surface area (Å²) in [5.41, 5.74) is 0.160. The van der Waals surface area contributed by atoms with E-state index < -0.39 is 7.12 Å². The average molecular weight is 222 g/mol. The van der Waals surface area contributed by atoms with Crippen LogP contribution in [0.5, 0.6) is 0 Å². The molecule has 86 valence electrons. The number of pyridine rings is 1. The van der Waals surface area contributed by atoms with Crippen LogP contribution in [0.4, 0.5) is 0 Å². The number of aromatic nitrogens is 1. The van der Waals surface area contributed by atoms with Gasteiger partial charge in [-0.15, -0.1) is 0 Å². The Bertz CT molecular complexity index is 388. The predicted molar refractivity (Wildman–Crippen MR) is 61.3 cm³/mol. The van der Waals surface area contributed by atoms with Crippen LogP contribution in [-0.2, 0) is 0 Å². The molecule has 1 amide bonds. The number of hydrogen-bond donors (Lipinski definition) is 3. The highest BCUT2D eigenvalue weighted by molar-refractivity contribution is 6.58. The molecule has 0 aliphatic rings. The Morgan fingerprint density at radius 3 is 2.50 bits per heavy atom. The van der Waals surface area contributed by atoms with Gasteiger partial charge in [-0.25, -0.2) is 0 Å². The van der Waals surface area contributed by atoms with Gasteiger partial charge in [0.1, 0.15) is 0 Å². The van der Waals surface area contributed by atoms with Crippen LogP contribution in [0.3, 0.4) is 0 Å². The van der Waals surface area contributed by atoms with E-state index >= 15 is 0 Å². The van der Waals surface area contributed by atoms with Gasteiger partial charge in [-0.05, 0) is 26.8 Å². The fraction of sp³-hybridized carbons (Fsp3) is 0.400. The second-order valence-corrected chi connectivity index (χ2v) is 4.58. The van der Waals surface area contributed by atoms with Crippen molar-refractivity contribution >= 4 is 18.5 Å². The van der Waals surface area contributed by atoms with Crippen molar-refractivity contribution in [1.29, 1.82) is 0 Å². The van der Waals surface area contributed by atoms with Crippen LogP contribution in [0.1, 0.15) is 31.1 Å². The van der Waals surface area contributed by atoms with Gasteiger partial charge in [0.25, 0.3) is 5.91 Å². The zero-order valence-corrected chi connectivity index (χ0v) is 9.56. The molecule has 6 heteroatoms. The van der Waals surface area contributed by atoms with E-state index in [2.05, 4.69) is 10.3 Å². The molecule has 0 saturated carbocycles. The van der Waals surface area contributed by atoms with Crippen LogP contribution in [0.15, 0.2) is 18.5 Å². The number of carbonyl (C=O) groups excluding carboxylic acids is 1. The van der Waals surface area contributed by atoms with Crippen LogP contribution in [-0.4, -0.2) is 33.6 Å². The summed E-state index contributed by atoms with van der Waals surface area (Å²) < 4.78 is 0. The van der Waals surface area contributed by atoms with E-state index in [1.165, 1.54) is 18.5 Å². The van der Waals surface area contributed by atoms with Crippen molar-refractivity contribution in [2.24, 2.45) is 0 Å². The summed E-state index contributed by atoms with van der Waals surface area (Å²) in [5.74, 6) is -0.289. The summed E-state index contributed by atoms with van der Waals surface area (Å²) in [6.45, 7) is 5.59. The predicted octanol–water partition coefficient (Wildman–Crippen LogP) is -0.710. The second kappa shape index (κ2) is 4.63. The van der Waals surface area contributed by atoms with Gasteiger partial charge in [-0.1, -0.05) is 0 Å². The van der Waals surface area contributed by atoms with Crippen molar-refractivity contribution in [3.63, 3.8) is 0 Å². The number of nitrogens with zero attached hydrogens (tertiary/aromatic N) is 1. The Morgan fingerprint density at radius 2 is 2.00 bits per heavy atom. The molecule has 1 rings (SSSR count). The molecule has 0 aromatic carbocycles. The van der Waals surface area contributed by atoms with Crippen LogP contribution < -0.4 is 10.8 Å². The highest BCUT2D eigenvalue weighted by Gasteiger charge is 2.18. The van der Waals surface area contributed by atoms with Crippen molar-refractivity contribution in [2.45, 2.75) is 26.3 Å². The maximum atomic E-state index is 11.7. The molecule has 0 fully saturated rings. The van der Waals surface area contributed by atoms with Gasteiger partial charge in [-0.2, -0.15) is 0 Å². The number of nitrogens with one attached hydrogen (secondary N) is 1. The van der Waals surface area contributed by atoms with Crippen molar-refractivity contribution in [3.05, 3.63) is 24.0 Å². The molecule has 1 aromatic heterocycles. The van der Waals surface area contributed by atoms with Crippen molar-refractivity contribution in [3.8, 4) is 0 Å². The summed E-state index contributed by atoms with van der Waals surface area (Å²) >= 11 is 0. The summed E-state index contributed by atoms with van der Waals surface area (Å²) in [5, 5.41) is 20.7. The fourth-order valence-corrected chi connectivity index (χ4v) is 1.14. The first-order valence-electron chi connectivity index (χ1n) is 4.93. The van der Waals surface area contributed by atoms with E-state index in [9.17, 15) is 4.79 Å². The topological polar surface area (TPSA) is 82.5 Å². The highest BCUT2D eigenvalue weighted by atomic mass is 16.4. The molecule has 0 atom stereocenters. The monoisotopic (exact) mass is 222 g/mol.